The van der Waals surface area contributed by atoms with Crippen LogP contribution in [-0.2, 0) is 11.3 Å². The van der Waals surface area contributed by atoms with Crippen molar-refractivity contribution in [3.63, 3.8) is 0 Å². The van der Waals surface area contributed by atoms with Gasteiger partial charge in [-0.15, -0.1) is 0 Å². The number of amides is 1. The smallest absolute Gasteiger partial charge is 0.410 e. The molecule has 1 aliphatic carbocycles. The highest BCUT2D eigenvalue weighted by atomic mass is 19.1. The van der Waals surface area contributed by atoms with Gasteiger partial charge in [-0.05, 0) is 56.5 Å². The number of carbonyl (C=O) groups is 1. The van der Waals surface area contributed by atoms with Gasteiger partial charge in [-0.3, -0.25) is 14.8 Å². The Bertz CT molecular complexity index is 1310. The largest absolute Gasteiger partial charge is 0.497 e. The van der Waals surface area contributed by atoms with Crippen molar-refractivity contribution in [2.75, 3.05) is 38.2 Å². The lowest BCUT2D eigenvalue weighted by molar-refractivity contribution is -0.137. The van der Waals surface area contributed by atoms with E-state index >= 15 is 0 Å². The van der Waals surface area contributed by atoms with E-state index in [0.717, 1.165) is 60.6 Å². The number of methoxy groups -OCH3 is 1. The third kappa shape index (κ3) is 4.75. The van der Waals surface area contributed by atoms with E-state index in [4.69, 9.17) is 14.5 Å². The van der Waals surface area contributed by atoms with Crippen LogP contribution in [0.4, 0.5) is 15.0 Å². The molecule has 8 nitrogen and oxygen atoms in total. The third-order valence-electron chi connectivity index (χ3n) is 8.22. The standard InChI is InChI=1S/C29H34FN5O3/c1-19-14-34(27-13-31-26-10-23(37-3)8-9-25(26)32-27)15-20(2)35(19)28(36)38-24-11-29(12-24)17-33(18-29)16-21-4-6-22(30)7-5-21/h4-10,13,19-20,24H,11-12,14-18H2,1-3H3/t19-,20+. The molecule has 0 unspecified atom stereocenters. The maximum Gasteiger partial charge on any atom is 0.410 e. The zero-order valence-corrected chi connectivity index (χ0v) is 22.1. The van der Waals surface area contributed by atoms with Crippen LogP contribution < -0.4 is 9.64 Å². The Morgan fingerprint density at radius 1 is 1.05 bits per heavy atom. The predicted octanol–water partition coefficient (Wildman–Crippen LogP) is 4.48. The van der Waals surface area contributed by atoms with E-state index in [9.17, 15) is 9.18 Å². The summed E-state index contributed by atoms with van der Waals surface area (Å²) in [5.41, 5.74) is 3.00. The molecule has 3 aliphatic rings. The van der Waals surface area contributed by atoms with E-state index in [1.807, 2.05) is 35.2 Å². The molecule has 200 valence electrons. The Hall–Kier alpha value is -3.46. The molecule has 2 saturated heterocycles. The Balaban J connectivity index is 1.000. The first-order valence-corrected chi connectivity index (χ1v) is 13.3. The molecule has 1 spiro atoms. The fraction of sp³-hybridized carbons (Fsp3) is 0.483. The molecule has 1 aromatic heterocycles. The van der Waals surface area contributed by atoms with Crippen molar-refractivity contribution in [1.82, 2.24) is 19.8 Å². The van der Waals surface area contributed by atoms with Crippen LogP contribution in [0.15, 0.2) is 48.7 Å². The van der Waals surface area contributed by atoms with E-state index in [-0.39, 0.29) is 35.5 Å². The molecule has 3 fully saturated rings. The zero-order valence-electron chi connectivity index (χ0n) is 22.1. The molecule has 2 aromatic carbocycles. The van der Waals surface area contributed by atoms with E-state index in [2.05, 4.69) is 28.6 Å². The number of likely N-dealkylation sites (tertiary alicyclic amines) is 1. The van der Waals surface area contributed by atoms with Crippen molar-refractivity contribution in [2.24, 2.45) is 5.41 Å². The average molecular weight is 520 g/mol. The Morgan fingerprint density at radius 2 is 1.76 bits per heavy atom. The molecule has 0 radical (unpaired) electrons. The monoisotopic (exact) mass is 519 g/mol. The lowest BCUT2D eigenvalue weighted by Gasteiger charge is -2.58. The van der Waals surface area contributed by atoms with Crippen molar-refractivity contribution in [3.8, 4) is 5.75 Å². The number of carbonyl (C=O) groups excluding carboxylic acids is 1. The SMILES string of the molecule is COc1ccc2nc(N3C[C@@H](C)N(C(=O)OC4CC5(C4)CN(Cc4ccc(F)cc4)C5)[C@@H](C)C3)cnc2c1. The number of ether oxygens (including phenoxy) is 2. The highest BCUT2D eigenvalue weighted by Gasteiger charge is 2.54. The minimum Gasteiger partial charge on any atom is -0.497 e. The summed E-state index contributed by atoms with van der Waals surface area (Å²) in [5.74, 6) is 1.36. The van der Waals surface area contributed by atoms with Gasteiger partial charge in [0, 0.05) is 44.2 Å². The lowest BCUT2D eigenvalue weighted by Crippen LogP contribution is -2.65. The molecule has 38 heavy (non-hydrogen) atoms. The molecule has 3 heterocycles. The van der Waals surface area contributed by atoms with Crippen molar-refractivity contribution in [3.05, 3.63) is 60.0 Å². The number of hydrogen-bond donors (Lipinski definition) is 0. The van der Waals surface area contributed by atoms with Crippen LogP contribution in [0, 0.1) is 11.2 Å². The van der Waals surface area contributed by atoms with Crippen molar-refractivity contribution < 1.29 is 18.7 Å². The highest BCUT2D eigenvalue weighted by Crippen LogP contribution is 2.50. The summed E-state index contributed by atoms with van der Waals surface area (Å²) in [5, 5.41) is 0. The number of benzene rings is 2. The van der Waals surface area contributed by atoms with Gasteiger partial charge in [0.25, 0.3) is 0 Å². The summed E-state index contributed by atoms with van der Waals surface area (Å²) in [6.07, 6.45) is 3.39. The Morgan fingerprint density at radius 3 is 2.45 bits per heavy atom. The molecular formula is C29H34FN5O3. The van der Waals surface area contributed by atoms with Crippen LogP contribution in [0.5, 0.6) is 5.75 Å². The third-order valence-corrected chi connectivity index (χ3v) is 8.22. The molecular weight excluding hydrogens is 485 g/mol. The van der Waals surface area contributed by atoms with Gasteiger partial charge in [0.1, 0.15) is 23.5 Å². The maximum atomic E-state index is 13.2. The second-order valence-corrected chi connectivity index (χ2v) is 11.3. The van der Waals surface area contributed by atoms with E-state index in [1.165, 1.54) is 12.1 Å². The minimum absolute atomic E-state index is 0.0106. The number of hydrogen-bond acceptors (Lipinski definition) is 7. The fourth-order valence-corrected chi connectivity index (χ4v) is 6.44. The van der Waals surface area contributed by atoms with Crippen LogP contribution in [0.25, 0.3) is 11.0 Å². The molecule has 1 amide bonds. The van der Waals surface area contributed by atoms with Gasteiger partial charge in [-0.2, -0.15) is 0 Å². The van der Waals surface area contributed by atoms with Crippen molar-refractivity contribution >= 4 is 22.9 Å². The van der Waals surface area contributed by atoms with Gasteiger partial charge in [0.15, 0.2) is 0 Å². The van der Waals surface area contributed by atoms with Crippen LogP contribution >= 0.6 is 0 Å². The summed E-state index contributed by atoms with van der Waals surface area (Å²) in [4.78, 5) is 29.0. The molecule has 0 N–H and O–H groups in total. The van der Waals surface area contributed by atoms with E-state index in [0.29, 0.717) is 13.1 Å². The van der Waals surface area contributed by atoms with E-state index < -0.39 is 0 Å². The van der Waals surface area contributed by atoms with Crippen LogP contribution in [0.2, 0.25) is 0 Å². The molecule has 0 bridgehead atoms. The number of fused-ring (bicyclic) bond motifs is 1. The van der Waals surface area contributed by atoms with Crippen LogP contribution in [0.1, 0.15) is 32.3 Å². The number of aromatic nitrogens is 2. The first-order valence-electron chi connectivity index (χ1n) is 13.3. The molecule has 2 atom stereocenters. The summed E-state index contributed by atoms with van der Waals surface area (Å²) in [6.45, 7) is 8.30. The quantitative estimate of drug-likeness (QED) is 0.492. The van der Waals surface area contributed by atoms with E-state index in [1.54, 1.807) is 13.3 Å². The van der Waals surface area contributed by atoms with Crippen molar-refractivity contribution in [2.45, 2.75) is 51.4 Å². The molecule has 6 rings (SSSR count). The summed E-state index contributed by atoms with van der Waals surface area (Å²) >= 11 is 0. The summed E-state index contributed by atoms with van der Waals surface area (Å²) in [6, 6.07) is 12.4. The molecule has 9 heteroatoms. The van der Waals surface area contributed by atoms with Gasteiger partial charge in [-0.1, -0.05) is 12.1 Å². The average Bonchev–Trinajstić information content (AvgIpc) is 2.86. The number of halogens is 1. The normalized spacial score (nSPS) is 23.3. The maximum absolute atomic E-state index is 13.2. The topological polar surface area (TPSA) is 71.0 Å². The second kappa shape index (κ2) is 9.69. The first-order chi connectivity index (χ1) is 18.3. The number of rotatable bonds is 5. The van der Waals surface area contributed by atoms with Gasteiger partial charge in [0.05, 0.1) is 36.4 Å². The van der Waals surface area contributed by atoms with Crippen LogP contribution in [0.3, 0.4) is 0 Å². The molecule has 1 saturated carbocycles. The lowest BCUT2D eigenvalue weighted by atomic mass is 9.61. The summed E-state index contributed by atoms with van der Waals surface area (Å²) < 4.78 is 24.4. The predicted molar refractivity (Wildman–Crippen MR) is 143 cm³/mol. The number of nitrogens with zero attached hydrogens (tertiary/aromatic N) is 5. The van der Waals surface area contributed by atoms with Gasteiger partial charge < -0.3 is 14.4 Å². The zero-order chi connectivity index (χ0) is 26.4. The van der Waals surface area contributed by atoms with Crippen LogP contribution in [-0.4, -0.2) is 77.3 Å². The van der Waals surface area contributed by atoms with Gasteiger partial charge in [-0.25, -0.2) is 14.2 Å². The summed E-state index contributed by atoms with van der Waals surface area (Å²) in [7, 11) is 1.64. The second-order valence-electron chi connectivity index (χ2n) is 11.3. The number of anilines is 1. The van der Waals surface area contributed by atoms with Crippen molar-refractivity contribution in [1.29, 1.82) is 0 Å². The Kier molecular flexibility index (Phi) is 6.34. The highest BCUT2D eigenvalue weighted by molar-refractivity contribution is 5.77. The van der Waals surface area contributed by atoms with Gasteiger partial charge in [0.2, 0.25) is 0 Å². The number of piperazine rings is 1. The molecule has 2 aliphatic heterocycles. The Labute approximate surface area is 222 Å². The minimum atomic E-state index is -0.219. The fourth-order valence-electron chi connectivity index (χ4n) is 6.44. The molecule has 3 aromatic rings. The first kappa shape index (κ1) is 24.9. The van der Waals surface area contributed by atoms with Gasteiger partial charge >= 0.3 is 6.09 Å².